The summed E-state index contributed by atoms with van der Waals surface area (Å²) >= 11 is 5.53. The third kappa shape index (κ3) is 2.43. The highest BCUT2D eigenvalue weighted by Crippen LogP contribution is 2.35. The van der Waals surface area contributed by atoms with Crippen molar-refractivity contribution in [1.29, 1.82) is 0 Å². The van der Waals surface area contributed by atoms with Gasteiger partial charge in [-0.2, -0.15) is 11.8 Å². The van der Waals surface area contributed by atoms with E-state index >= 15 is 0 Å². The smallest absolute Gasteiger partial charge is 0.153 e. The lowest BCUT2D eigenvalue weighted by Crippen LogP contribution is -2.30. The van der Waals surface area contributed by atoms with Crippen LogP contribution < -0.4 is 5.32 Å². The summed E-state index contributed by atoms with van der Waals surface area (Å²) in [5.41, 5.74) is 1.18. The van der Waals surface area contributed by atoms with Gasteiger partial charge >= 0.3 is 0 Å². The number of nitrogens with zero attached hydrogens (tertiary/aromatic N) is 3. The number of hydrogen-bond acceptors (Lipinski definition) is 4. The van der Waals surface area contributed by atoms with E-state index in [9.17, 15) is 0 Å². The number of aromatic nitrogens is 3. The summed E-state index contributed by atoms with van der Waals surface area (Å²) < 4.78 is 2.75. The lowest BCUT2D eigenvalue weighted by molar-refractivity contribution is 0.379. The van der Waals surface area contributed by atoms with Gasteiger partial charge in [-0.25, -0.2) is 4.68 Å². The molecular formula is C10H17BrN4S. The first-order chi connectivity index (χ1) is 7.74. The number of thioether (sulfide) groups is 1. The number of halogens is 1. The van der Waals surface area contributed by atoms with Gasteiger partial charge < -0.3 is 5.32 Å². The Kier molecular flexibility index (Phi) is 4.27. The van der Waals surface area contributed by atoms with Crippen molar-refractivity contribution in [3.05, 3.63) is 10.3 Å². The molecule has 0 bridgehead atoms. The number of hydrogen-bond donors (Lipinski definition) is 1. The second-order valence-electron chi connectivity index (χ2n) is 4.05. The SMILES string of the molecule is CCNC(c1c(Br)nnn1C)C1CCSC1. The summed E-state index contributed by atoms with van der Waals surface area (Å²) in [5, 5.41) is 11.7. The molecule has 1 fully saturated rings. The summed E-state index contributed by atoms with van der Waals surface area (Å²) in [6.07, 6.45) is 1.28. The van der Waals surface area contributed by atoms with E-state index in [0.29, 0.717) is 12.0 Å². The van der Waals surface area contributed by atoms with Gasteiger partial charge in [0.15, 0.2) is 4.60 Å². The molecule has 2 heterocycles. The molecule has 1 aromatic rings. The maximum Gasteiger partial charge on any atom is 0.153 e. The molecule has 1 N–H and O–H groups in total. The average molecular weight is 305 g/mol. The molecule has 6 heteroatoms. The van der Waals surface area contributed by atoms with Gasteiger partial charge in [0.25, 0.3) is 0 Å². The quantitative estimate of drug-likeness (QED) is 0.924. The van der Waals surface area contributed by atoms with E-state index < -0.39 is 0 Å². The van der Waals surface area contributed by atoms with Gasteiger partial charge in [-0.15, -0.1) is 5.10 Å². The molecule has 90 valence electrons. The molecule has 2 rings (SSSR count). The van der Waals surface area contributed by atoms with Crippen molar-refractivity contribution >= 4 is 27.7 Å². The van der Waals surface area contributed by atoms with Crippen molar-refractivity contribution in [2.24, 2.45) is 13.0 Å². The van der Waals surface area contributed by atoms with Crippen LogP contribution in [0, 0.1) is 5.92 Å². The molecule has 1 aliphatic rings. The van der Waals surface area contributed by atoms with Gasteiger partial charge in [0.1, 0.15) is 0 Å². The molecule has 4 nitrogen and oxygen atoms in total. The van der Waals surface area contributed by atoms with Gasteiger partial charge in [-0.3, -0.25) is 0 Å². The predicted molar refractivity (Wildman–Crippen MR) is 70.6 cm³/mol. The zero-order valence-corrected chi connectivity index (χ0v) is 12.0. The molecule has 1 aromatic heterocycles. The van der Waals surface area contributed by atoms with E-state index in [-0.39, 0.29) is 0 Å². The van der Waals surface area contributed by atoms with Crippen LogP contribution in [0.4, 0.5) is 0 Å². The average Bonchev–Trinajstić information content (AvgIpc) is 2.87. The van der Waals surface area contributed by atoms with Crippen LogP contribution in [0.25, 0.3) is 0 Å². The molecule has 0 spiro atoms. The minimum atomic E-state index is 0.370. The lowest BCUT2D eigenvalue weighted by atomic mass is 9.96. The van der Waals surface area contributed by atoms with Crippen molar-refractivity contribution in [3.8, 4) is 0 Å². The van der Waals surface area contributed by atoms with Crippen LogP contribution in [0.1, 0.15) is 25.1 Å². The number of aryl methyl sites for hydroxylation is 1. The molecule has 0 radical (unpaired) electrons. The number of rotatable bonds is 4. The van der Waals surface area contributed by atoms with Gasteiger partial charge in [-0.1, -0.05) is 12.1 Å². The summed E-state index contributed by atoms with van der Waals surface area (Å²) in [7, 11) is 1.96. The Morgan fingerprint density at radius 2 is 2.50 bits per heavy atom. The Bertz CT molecular complexity index is 329. The van der Waals surface area contributed by atoms with Gasteiger partial charge in [0, 0.05) is 7.05 Å². The molecule has 0 saturated carbocycles. The van der Waals surface area contributed by atoms with Gasteiger partial charge in [0.2, 0.25) is 0 Å². The predicted octanol–water partition coefficient (Wildman–Crippen LogP) is 1.98. The topological polar surface area (TPSA) is 42.7 Å². The van der Waals surface area contributed by atoms with Crippen molar-refractivity contribution in [1.82, 2.24) is 20.3 Å². The highest BCUT2D eigenvalue weighted by Gasteiger charge is 2.30. The molecule has 0 aromatic carbocycles. The Balaban J connectivity index is 2.24. The van der Waals surface area contributed by atoms with E-state index in [0.717, 1.165) is 11.1 Å². The fourth-order valence-corrected chi connectivity index (χ4v) is 4.06. The Hall–Kier alpha value is -0.0700. The van der Waals surface area contributed by atoms with Crippen molar-refractivity contribution < 1.29 is 0 Å². The molecule has 2 unspecified atom stereocenters. The maximum absolute atomic E-state index is 4.07. The fourth-order valence-electron chi connectivity index (χ4n) is 2.19. The van der Waals surface area contributed by atoms with Crippen LogP contribution in [0.3, 0.4) is 0 Å². The van der Waals surface area contributed by atoms with Crippen LogP contribution >= 0.6 is 27.7 Å². The molecule has 16 heavy (non-hydrogen) atoms. The molecule has 2 atom stereocenters. The van der Waals surface area contributed by atoms with Crippen LogP contribution in [0.15, 0.2) is 4.60 Å². The first-order valence-electron chi connectivity index (χ1n) is 5.60. The Labute approximate surface area is 109 Å². The van der Waals surface area contributed by atoms with E-state index in [1.807, 2.05) is 23.5 Å². The van der Waals surface area contributed by atoms with Crippen molar-refractivity contribution in [3.63, 3.8) is 0 Å². The highest BCUT2D eigenvalue weighted by atomic mass is 79.9. The third-order valence-corrected chi connectivity index (χ3v) is 4.73. The van der Waals surface area contributed by atoms with E-state index in [1.165, 1.54) is 23.6 Å². The maximum atomic E-state index is 4.07. The van der Waals surface area contributed by atoms with E-state index in [1.54, 1.807) is 0 Å². The summed E-state index contributed by atoms with van der Waals surface area (Å²) in [6.45, 7) is 3.12. The van der Waals surface area contributed by atoms with Crippen molar-refractivity contribution in [2.45, 2.75) is 19.4 Å². The summed E-state index contributed by atoms with van der Waals surface area (Å²) in [6, 6.07) is 0.370. The fraction of sp³-hybridized carbons (Fsp3) is 0.800. The Morgan fingerprint density at radius 1 is 1.69 bits per heavy atom. The zero-order chi connectivity index (χ0) is 11.5. The largest absolute Gasteiger partial charge is 0.309 e. The lowest BCUT2D eigenvalue weighted by Gasteiger charge is -2.23. The second kappa shape index (κ2) is 5.51. The molecule has 0 aliphatic carbocycles. The summed E-state index contributed by atoms with van der Waals surface area (Å²) in [4.78, 5) is 0. The van der Waals surface area contributed by atoms with Crippen LogP contribution in [-0.2, 0) is 7.05 Å². The number of nitrogens with one attached hydrogen (secondary N) is 1. The highest BCUT2D eigenvalue weighted by molar-refractivity contribution is 9.10. The minimum absolute atomic E-state index is 0.370. The minimum Gasteiger partial charge on any atom is -0.309 e. The molecule has 1 saturated heterocycles. The first kappa shape index (κ1) is 12.4. The molecule has 0 amide bonds. The second-order valence-corrected chi connectivity index (χ2v) is 5.95. The van der Waals surface area contributed by atoms with Gasteiger partial charge in [0.05, 0.1) is 11.7 Å². The molecule has 1 aliphatic heterocycles. The van der Waals surface area contributed by atoms with Crippen LogP contribution in [-0.4, -0.2) is 33.0 Å². The standard InChI is InChI=1S/C10H17BrN4S/c1-3-12-8(7-4-5-16-6-7)9-10(11)13-14-15(9)2/h7-8,12H,3-6H2,1-2H3. The van der Waals surface area contributed by atoms with E-state index in [2.05, 4.69) is 38.5 Å². The molecular weight excluding hydrogens is 288 g/mol. The first-order valence-corrected chi connectivity index (χ1v) is 7.55. The summed E-state index contributed by atoms with van der Waals surface area (Å²) in [5.74, 6) is 3.20. The van der Waals surface area contributed by atoms with Crippen LogP contribution in [0.5, 0.6) is 0 Å². The zero-order valence-electron chi connectivity index (χ0n) is 9.61. The third-order valence-electron chi connectivity index (χ3n) is 2.98. The monoisotopic (exact) mass is 304 g/mol. The normalized spacial score (nSPS) is 22.6. The Morgan fingerprint density at radius 3 is 3.00 bits per heavy atom. The van der Waals surface area contributed by atoms with Crippen LogP contribution in [0.2, 0.25) is 0 Å². The van der Waals surface area contributed by atoms with Gasteiger partial charge in [-0.05, 0) is 46.3 Å². The van der Waals surface area contributed by atoms with Crippen molar-refractivity contribution in [2.75, 3.05) is 18.1 Å². The van der Waals surface area contributed by atoms with E-state index in [4.69, 9.17) is 0 Å².